The molecular formula is C29H33Cl2NO3. The van der Waals surface area contributed by atoms with Crippen LogP contribution < -0.4 is 0 Å². The predicted molar refractivity (Wildman–Crippen MR) is 141 cm³/mol. The molecule has 186 valence electrons. The van der Waals surface area contributed by atoms with Gasteiger partial charge in [-0.1, -0.05) is 53.5 Å². The van der Waals surface area contributed by atoms with Gasteiger partial charge in [0.2, 0.25) is 5.91 Å². The molecule has 0 bridgehead atoms. The standard InChI is InChI=1S/C29H33Cl2NO3/c1-5-7-21-17-24(20-8-6-9-23(31)16-20)25(18-12-14-22(30)15-13-18)32(27(21)33)26(19-10-11-19)28(34)35-29(2,3)4/h5-6,8-9,12-16,19,21,24-26H,1,7,10-11,17H2,2-4H3/t21-,24+,25+,26-/m0/s1. The van der Waals surface area contributed by atoms with Crippen molar-refractivity contribution in [3.8, 4) is 0 Å². The highest BCUT2D eigenvalue weighted by atomic mass is 35.5. The summed E-state index contributed by atoms with van der Waals surface area (Å²) in [5.74, 6) is -0.599. The molecule has 2 fully saturated rings. The Bertz CT molecular complexity index is 1090. The van der Waals surface area contributed by atoms with Crippen molar-refractivity contribution in [2.75, 3.05) is 0 Å². The average Bonchev–Trinajstić information content (AvgIpc) is 3.61. The second-order valence-electron chi connectivity index (χ2n) is 10.7. The molecule has 1 saturated heterocycles. The summed E-state index contributed by atoms with van der Waals surface area (Å²) in [5.41, 5.74) is 1.34. The normalized spacial score (nSPS) is 23.6. The molecule has 1 heterocycles. The van der Waals surface area contributed by atoms with E-state index in [1.807, 2.05) is 68.1 Å². The number of amides is 1. The largest absolute Gasteiger partial charge is 0.458 e. The van der Waals surface area contributed by atoms with Crippen molar-refractivity contribution in [2.45, 2.75) is 70.1 Å². The number of halogens is 2. The average molecular weight is 514 g/mol. The highest BCUT2D eigenvalue weighted by molar-refractivity contribution is 6.30. The van der Waals surface area contributed by atoms with Crippen LogP contribution in [0.3, 0.4) is 0 Å². The zero-order chi connectivity index (χ0) is 25.3. The molecule has 1 aliphatic heterocycles. The maximum atomic E-state index is 14.1. The summed E-state index contributed by atoms with van der Waals surface area (Å²) in [6, 6.07) is 14.4. The van der Waals surface area contributed by atoms with Crippen LogP contribution in [0.2, 0.25) is 10.0 Å². The van der Waals surface area contributed by atoms with Gasteiger partial charge in [-0.25, -0.2) is 4.79 Å². The van der Waals surface area contributed by atoms with Crippen molar-refractivity contribution >= 4 is 35.1 Å². The van der Waals surface area contributed by atoms with Crippen LogP contribution in [-0.4, -0.2) is 28.4 Å². The molecule has 0 aromatic heterocycles. The molecule has 1 aliphatic carbocycles. The van der Waals surface area contributed by atoms with Gasteiger partial charge in [-0.05, 0) is 87.8 Å². The van der Waals surface area contributed by atoms with Gasteiger partial charge in [-0.3, -0.25) is 4.79 Å². The Morgan fingerprint density at radius 3 is 2.37 bits per heavy atom. The number of allylic oxidation sites excluding steroid dienone is 1. The summed E-state index contributed by atoms with van der Waals surface area (Å²) >= 11 is 12.6. The lowest BCUT2D eigenvalue weighted by atomic mass is 9.74. The van der Waals surface area contributed by atoms with Crippen LogP contribution in [-0.2, 0) is 14.3 Å². The number of likely N-dealkylation sites (tertiary alicyclic amines) is 1. The first-order valence-corrected chi connectivity index (χ1v) is 13.0. The molecule has 6 heteroatoms. The van der Waals surface area contributed by atoms with Crippen molar-refractivity contribution < 1.29 is 14.3 Å². The van der Waals surface area contributed by atoms with E-state index in [0.29, 0.717) is 22.9 Å². The van der Waals surface area contributed by atoms with Gasteiger partial charge in [-0.15, -0.1) is 6.58 Å². The lowest BCUT2D eigenvalue weighted by Crippen LogP contribution is -2.56. The van der Waals surface area contributed by atoms with Crippen LogP contribution in [0.25, 0.3) is 0 Å². The number of ether oxygens (including phenoxy) is 1. The van der Waals surface area contributed by atoms with E-state index in [0.717, 1.165) is 24.0 Å². The molecule has 2 aliphatic rings. The van der Waals surface area contributed by atoms with Gasteiger partial charge >= 0.3 is 5.97 Å². The van der Waals surface area contributed by atoms with Gasteiger partial charge in [0.15, 0.2) is 0 Å². The highest BCUT2D eigenvalue weighted by Crippen LogP contribution is 2.50. The van der Waals surface area contributed by atoms with E-state index in [1.54, 1.807) is 6.08 Å². The number of nitrogens with zero attached hydrogens (tertiary/aromatic N) is 1. The molecule has 4 atom stereocenters. The minimum atomic E-state index is -0.647. The van der Waals surface area contributed by atoms with E-state index < -0.39 is 11.6 Å². The fraction of sp³-hybridized carbons (Fsp3) is 0.448. The molecule has 0 radical (unpaired) electrons. The Morgan fingerprint density at radius 2 is 1.80 bits per heavy atom. The summed E-state index contributed by atoms with van der Waals surface area (Å²) in [6.07, 6.45) is 4.77. The minimum Gasteiger partial charge on any atom is -0.458 e. The first-order valence-electron chi connectivity index (χ1n) is 12.3. The van der Waals surface area contributed by atoms with Gasteiger partial charge in [-0.2, -0.15) is 0 Å². The van der Waals surface area contributed by atoms with E-state index in [-0.39, 0.29) is 35.7 Å². The third-order valence-electron chi connectivity index (χ3n) is 6.78. The van der Waals surface area contributed by atoms with Gasteiger partial charge in [0.1, 0.15) is 11.6 Å². The molecule has 2 aromatic carbocycles. The monoisotopic (exact) mass is 513 g/mol. The predicted octanol–water partition coefficient (Wildman–Crippen LogP) is 7.36. The van der Waals surface area contributed by atoms with E-state index in [2.05, 4.69) is 12.6 Å². The number of esters is 1. The number of carbonyl (C=O) groups excluding carboxylic acids is 2. The Labute approximate surface area is 218 Å². The molecule has 0 unspecified atom stereocenters. The van der Waals surface area contributed by atoms with Gasteiger partial charge < -0.3 is 9.64 Å². The number of carbonyl (C=O) groups is 2. The number of hydrogen-bond acceptors (Lipinski definition) is 3. The molecule has 4 rings (SSSR count). The third kappa shape index (κ3) is 5.92. The second kappa shape index (κ2) is 10.4. The van der Waals surface area contributed by atoms with Crippen molar-refractivity contribution in [3.63, 3.8) is 0 Å². The summed E-state index contributed by atoms with van der Waals surface area (Å²) in [6.45, 7) is 9.47. The van der Waals surface area contributed by atoms with Gasteiger partial charge in [0, 0.05) is 21.9 Å². The van der Waals surface area contributed by atoms with E-state index >= 15 is 0 Å². The van der Waals surface area contributed by atoms with Crippen LogP contribution in [0.15, 0.2) is 61.2 Å². The van der Waals surface area contributed by atoms with Crippen LogP contribution >= 0.6 is 23.2 Å². The first kappa shape index (κ1) is 25.8. The molecule has 1 saturated carbocycles. The van der Waals surface area contributed by atoms with Gasteiger partial charge in [0.25, 0.3) is 0 Å². The fourth-order valence-corrected chi connectivity index (χ4v) is 5.53. The third-order valence-corrected chi connectivity index (χ3v) is 7.27. The van der Waals surface area contributed by atoms with Crippen molar-refractivity contribution in [1.29, 1.82) is 0 Å². The molecule has 0 spiro atoms. The topological polar surface area (TPSA) is 46.6 Å². The van der Waals surface area contributed by atoms with Gasteiger partial charge in [0.05, 0.1) is 6.04 Å². The second-order valence-corrected chi connectivity index (χ2v) is 11.5. The molecular weight excluding hydrogens is 481 g/mol. The zero-order valence-electron chi connectivity index (χ0n) is 20.5. The number of hydrogen-bond donors (Lipinski definition) is 0. The SMILES string of the molecule is C=CC[C@H]1C[C@H](c2cccc(Cl)c2)[C@@H](c2ccc(Cl)cc2)N([C@H](C(=O)OC(C)(C)C)C2CC2)C1=O. The van der Waals surface area contributed by atoms with Crippen molar-refractivity contribution in [2.24, 2.45) is 11.8 Å². The first-order chi connectivity index (χ1) is 16.6. The molecule has 0 N–H and O–H groups in total. The number of piperidine rings is 1. The lowest BCUT2D eigenvalue weighted by Gasteiger charge is -2.48. The molecule has 1 amide bonds. The van der Waals surface area contributed by atoms with Crippen molar-refractivity contribution in [1.82, 2.24) is 4.90 Å². The smallest absolute Gasteiger partial charge is 0.329 e. The summed E-state index contributed by atoms with van der Waals surface area (Å²) in [5, 5.41) is 1.27. The lowest BCUT2D eigenvalue weighted by molar-refractivity contribution is -0.171. The van der Waals surface area contributed by atoms with Crippen molar-refractivity contribution in [3.05, 3.63) is 82.4 Å². The summed E-state index contributed by atoms with van der Waals surface area (Å²) < 4.78 is 5.87. The maximum absolute atomic E-state index is 14.1. The summed E-state index contributed by atoms with van der Waals surface area (Å²) in [7, 11) is 0. The number of rotatable bonds is 7. The van der Waals surface area contributed by atoms with Crippen LogP contribution in [0.5, 0.6) is 0 Å². The Kier molecular flexibility index (Phi) is 7.63. The maximum Gasteiger partial charge on any atom is 0.329 e. The van der Waals surface area contributed by atoms with E-state index in [9.17, 15) is 9.59 Å². The molecule has 4 nitrogen and oxygen atoms in total. The molecule has 2 aromatic rings. The van der Waals surface area contributed by atoms with E-state index in [4.69, 9.17) is 27.9 Å². The quantitative estimate of drug-likeness (QED) is 0.286. The minimum absolute atomic E-state index is 0.0223. The number of benzene rings is 2. The zero-order valence-corrected chi connectivity index (χ0v) is 22.1. The van der Waals surface area contributed by atoms with Crippen LogP contribution in [0, 0.1) is 11.8 Å². The summed E-state index contributed by atoms with van der Waals surface area (Å²) in [4.78, 5) is 29.5. The molecule has 35 heavy (non-hydrogen) atoms. The highest BCUT2D eigenvalue weighted by Gasteiger charge is 2.52. The Hall–Kier alpha value is -2.30. The fourth-order valence-electron chi connectivity index (χ4n) is 5.20. The Balaban J connectivity index is 1.87. The Morgan fingerprint density at radius 1 is 1.11 bits per heavy atom. The van der Waals surface area contributed by atoms with Crippen LogP contribution in [0.1, 0.15) is 69.5 Å². The van der Waals surface area contributed by atoms with Crippen LogP contribution in [0.4, 0.5) is 0 Å². The van der Waals surface area contributed by atoms with E-state index in [1.165, 1.54) is 0 Å².